The number of carbonyl (C=O) groups is 1. The molecule has 1 saturated heterocycles. The summed E-state index contributed by atoms with van der Waals surface area (Å²) in [5.41, 5.74) is 1.47. The summed E-state index contributed by atoms with van der Waals surface area (Å²) >= 11 is 0. The van der Waals surface area contributed by atoms with E-state index in [0.29, 0.717) is 11.0 Å². The van der Waals surface area contributed by atoms with Gasteiger partial charge < -0.3 is 10.0 Å². The van der Waals surface area contributed by atoms with Crippen LogP contribution in [0, 0.1) is 12.3 Å². The van der Waals surface area contributed by atoms with Crippen molar-refractivity contribution in [1.29, 1.82) is 0 Å². The summed E-state index contributed by atoms with van der Waals surface area (Å²) in [6.07, 6.45) is 2.23. The van der Waals surface area contributed by atoms with E-state index in [-0.39, 0.29) is 0 Å². The molecule has 4 nitrogen and oxygen atoms in total. The van der Waals surface area contributed by atoms with Gasteiger partial charge in [-0.2, -0.15) is 0 Å². The molecular formula is C14H20N2O2. The number of carboxylic acids is 1. The van der Waals surface area contributed by atoms with Crippen molar-refractivity contribution in [1.82, 2.24) is 4.98 Å². The van der Waals surface area contributed by atoms with Gasteiger partial charge in [-0.1, -0.05) is 13.8 Å². The zero-order valence-corrected chi connectivity index (χ0v) is 11.2. The molecule has 2 heterocycles. The third-order valence-electron chi connectivity index (χ3n) is 3.63. The van der Waals surface area contributed by atoms with Gasteiger partial charge in [-0.25, -0.2) is 9.78 Å². The molecule has 0 amide bonds. The van der Waals surface area contributed by atoms with Gasteiger partial charge in [-0.15, -0.1) is 0 Å². The van der Waals surface area contributed by atoms with Gasteiger partial charge in [0.15, 0.2) is 0 Å². The standard InChI is InChI=1S/C14H20N2O2/c1-10-8-11(13(17)18)9-12(15-10)16-6-4-14(2,3)5-7-16/h8-9H,4-7H2,1-3H3,(H,17,18). The Labute approximate surface area is 108 Å². The van der Waals surface area contributed by atoms with Crippen LogP contribution in [-0.2, 0) is 0 Å². The lowest BCUT2D eigenvalue weighted by molar-refractivity contribution is 0.0696. The minimum Gasteiger partial charge on any atom is -0.478 e. The van der Waals surface area contributed by atoms with E-state index in [1.165, 1.54) is 0 Å². The summed E-state index contributed by atoms with van der Waals surface area (Å²) in [7, 11) is 0. The molecule has 0 aromatic carbocycles. The fourth-order valence-corrected chi connectivity index (χ4v) is 2.28. The predicted molar refractivity (Wildman–Crippen MR) is 71.2 cm³/mol. The average molecular weight is 248 g/mol. The van der Waals surface area contributed by atoms with Crippen LogP contribution in [0.2, 0.25) is 0 Å². The molecule has 1 aromatic rings. The van der Waals surface area contributed by atoms with E-state index in [2.05, 4.69) is 23.7 Å². The molecule has 98 valence electrons. The van der Waals surface area contributed by atoms with E-state index in [9.17, 15) is 4.79 Å². The first-order valence-corrected chi connectivity index (χ1v) is 6.34. The highest BCUT2D eigenvalue weighted by Gasteiger charge is 2.26. The quantitative estimate of drug-likeness (QED) is 0.874. The van der Waals surface area contributed by atoms with Crippen molar-refractivity contribution in [2.24, 2.45) is 5.41 Å². The van der Waals surface area contributed by atoms with Crippen LogP contribution in [0.15, 0.2) is 12.1 Å². The number of nitrogens with zero attached hydrogens (tertiary/aromatic N) is 2. The van der Waals surface area contributed by atoms with Crippen LogP contribution >= 0.6 is 0 Å². The Hall–Kier alpha value is -1.58. The molecular weight excluding hydrogens is 228 g/mol. The Kier molecular flexibility index (Phi) is 3.28. The summed E-state index contributed by atoms with van der Waals surface area (Å²) < 4.78 is 0. The normalized spacial score (nSPS) is 18.7. The summed E-state index contributed by atoms with van der Waals surface area (Å²) in [6.45, 7) is 8.28. The Balaban J connectivity index is 2.21. The molecule has 0 aliphatic carbocycles. The highest BCUT2D eigenvalue weighted by molar-refractivity contribution is 5.88. The highest BCUT2D eigenvalue weighted by atomic mass is 16.4. The molecule has 0 bridgehead atoms. The Morgan fingerprint density at radius 3 is 2.50 bits per heavy atom. The van der Waals surface area contributed by atoms with Crippen molar-refractivity contribution >= 4 is 11.8 Å². The molecule has 0 unspecified atom stereocenters. The molecule has 1 fully saturated rings. The number of carboxylic acid groups (broad SMARTS) is 1. The number of aromatic carboxylic acids is 1. The Bertz CT molecular complexity index is 459. The molecule has 1 aliphatic rings. The minimum atomic E-state index is -0.890. The lowest BCUT2D eigenvalue weighted by atomic mass is 9.83. The van der Waals surface area contributed by atoms with Gasteiger partial charge in [-0.3, -0.25) is 0 Å². The second-order valence-electron chi connectivity index (χ2n) is 5.81. The number of aromatic nitrogens is 1. The van der Waals surface area contributed by atoms with Gasteiger partial charge in [0.25, 0.3) is 0 Å². The summed E-state index contributed by atoms with van der Waals surface area (Å²) in [5.74, 6) is -0.0954. The number of pyridine rings is 1. The second-order valence-corrected chi connectivity index (χ2v) is 5.81. The van der Waals surface area contributed by atoms with Crippen molar-refractivity contribution in [2.45, 2.75) is 33.6 Å². The van der Waals surface area contributed by atoms with Crippen LogP contribution in [0.5, 0.6) is 0 Å². The fourth-order valence-electron chi connectivity index (χ4n) is 2.28. The minimum absolute atomic E-state index is 0.322. The lowest BCUT2D eigenvalue weighted by Crippen LogP contribution is -2.37. The average Bonchev–Trinajstić information content (AvgIpc) is 2.28. The van der Waals surface area contributed by atoms with E-state index in [1.54, 1.807) is 12.1 Å². The van der Waals surface area contributed by atoms with Crippen LogP contribution in [0.3, 0.4) is 0 Å². The van der Waals surface area contributed by atoms with Gasteiger partial charge in [0.1, 0.15) is 5.82 Å². The summed E-state index contributed by atoms with van der Waals surface area (Å²) in [6, 6.07) is 3.29. The van der Waals surface area contributed by atoms with Crippen LogP contribution in [0.25, 0.3) is 0 Å². The van der Waals surface area contributed by atoms with Crippen molar-refractivity contribution < 1.29 is 9.90 Å². The lowest BCUT2D eigenvalue weighted by Gasteiger charge is -2.37. The van der Waals surface area contributed by atoms with E-state index in [1.807, 2.05) is 6.92 Å². The predicted octanol–water partition coefficient (Wildman–Crippen LogP) is 2.71. The van der Waals surface area contributed by atoms with E-state index < -0.39 is 5.97 Å². The van der Waals surface area contributed by atoms with Crippen LogP contribution in [0.1, 0.15) is 42.7 Å². The van der Waals surface area contributed by atoms with Crippen molar-refractivity contribution in [3.05, 3.63) is 23.4 Å². The maximum Gasteiger partial charge on any atom is 0.335 e. The zero-order valence-electron chi connectivity index (χ0n) is 11.2. The van der Waals surface area contributed by atoms with Gasteiger partial charge in [0.05, 0.1) is 5.56 Å². The maximum atomic E-state index is 11.0. The molecule has 1 N–H and O–H groups in total. The summed E-state index contributed by atoms with van der Waals surface area (Å²) in [4.78, 5) is 17.7. The highest BCUT2D eigenvalue weighted by Crippen LogP contribution is 2.31. The van der Waals surface area contributed by atoms with E-state index in [4.69, 9.17) is 5.11 Å². The fraction of sp³-hybridized carbons (Fsp3) is 0.571. The molecule has 0 saturated carbocycles. The molecule has 0 atom stereocenters. The second kappa shape index (κ2) is 4.59. The molecule has 0 spiro atoms. The first-order chi connectivity index (χ1) is 8.37. The Morgan fingerprint density at radius 2 is 1.94 bits per heavy atom. The molecule has 4 heteroatoms. The van der Waals surface area contributed by atoms with Crippen LogP contribution in [0.4, 0.5) is 5.82 Å². The molecule has 1 aliphatic heterocycles. The SMILES string of the molecule is Cc1cc(C(=O)O)cc(N2CCC(C)(C)CC2)n1. The van der Waals surface area contributed by atoms with Gasteiger partial charge in [0, 0.05) is 18.8 Å². The summed E-state index contributed by atoms with van der Waals surface area (Å²) in [5, 5.41) is 9.07. The largest absolute Gasteiger partial charge is 0.478 e. The maximum absolute atomic E-state index is 11.0. The first-order valence-electron chi connectivity index (χ1n) is 6.34. The smallest absolute Gasteiger partial charge is 0.335 e. The third kappa shape index (κ3) is 2.81. The topological polar surface area (TPSA) is 53.4 Å². The number of hydrogen-bond donors (Lipinski definition) is 1. The van der Waals surface area contributed by atoms with Crippen molar-refractivity contribution in [3.63, 3.8) is 0 Å². The van der Waals surface area contributed by atoms with Crippen LogP contribution in [-0.4, -0.2) is 29.1 Å². The van der Waals surface area contributed by atoms with Gasteiger partial charge in [0.2, 0.25) is 0 Å². The first kappa shape index (κ1) is 12.9. The zero-order chi connectivity index (χ0) is 13.3. The monoisotopic (exact) mass is 248 g/mol. The molecule has 0 radical (unpaired) electrons. The van der Waals surface area contributed by atoms with E-state index >= 15 is 0 Å². The van der Waals surface area contributed by atoms with Gasteiger partial charge in [-0.05, 0) is 37.3 Å². The Morgan fingerprint density at radius 1 is 1.33 bits per heavy atom. The number of rotatable bonds is 2. The number of aryl methyl sites for hydroxylation is 1. The third-order valence-corrected chi connectivity index (χ3v) is 3.63. The number of piperidine rings is 1. The number of anilines is 1. The molecule has 18 heavy (non-hydrogen) atoms. The number of hydrogen-bond acceptors (Lipinski definition) is 3. The molecule has 2 rings (SSSR count). The van der Waals surface area contributed by atoms with Crippen molar-refractivity contribution in [3.8, 4) is 0 Å². The van der Waals surface area contributed by atoms with Crippen LogP contribution < -0.4 is 4.90 Å². The van der Waals surface area contributed by atoms with Gasteiger partial charge >= 0.3 is 5.97 Å². The van der Waals surface area contributed by atoms with E-state index in [0.717, 1.165) is 37.4 Å². The van der Waals surface area contributed by atoms with Crippen molar-refractivity contribution in [2.75, 3.05) is 18.0 Å². The molecule has 1 aromatic heterocycles.